The van der Waals surface area contributed by atoms with E-state index in [0.29, 0.717) is 12.8 Å². The summed E-state index contributed by atoms with van der Waals surface area (Å²) < 4.78 is 29.5. The quantitative estimate of drug-likeness (QED) is 0.462. The van der Waals surface area contributed by atoms with Crippen molar-refractivity contribution in [2.75, 3.05) is 13.7 Å². The third kappa shape index (κ3) is 6.22. The van der Waals surface area contributed by atoms with Gasteiger partial charge in [-0.2, -0.15) is 0 Å². The molecule has 7 nitrogen and oxygen atoms in total. The summed E-state index contributed by atoms with van der Waals surface area (Å²) in [6, 6.07) is 0. The maximum Gasteiger partial charge on any atom is 0.325 e. The molecule has 100 valence electrons. The fourth-order valence-electron chi connectivity index (χ4n) is 1.03. The lowest BCUT2D eigenvalue weighted by Gasteiger charge is -2.11. The van der Waals surface area contributed by atoms with Crippen LogP contribution in [0.2, 0.25) is 0 Å². The number of sulfonamides is 1. The third-order valence-electron chi connectivity index (χ3n) is 2.12. The fraction of sp³-hybridized carbons (Fsp3) is 0.778. The van der Waals surface area contributed by atoms with Gasteiger partial charge >= 0.3 is 11.9 Å². The molecule has 0 heterocycles. The molecule has 0 aromatic heterocycles. The van der Waals surface area contributed by atoms with Crippen LogP contribution >= 0.6 is 0 Å². The highest BCUT2D eigenvalue weighted by molar-refractivity contribution is 7.90. The van der Waals surface area contributed by atoms with Crippen molar-refractivity contribution in [2.24, 2.45) is 0 Å². The monoisotopic (exact) mass is 267 g/mol. The summed E-state index contributed by atoms with van der Waals surface area (Å²) in [6.45, 7) is 1.34. The average molecular weight is 267 g/mol. The minimum absolute atomic E-state index is 0.00567. The number of carboxylic acids is 1. The van der Waals surface area contributed by atoms with Crippen LogP contribution in [0.4, 0.5) is 0 Å². The van der Waals surface area contributed by atoms with Gasteiger partial charge in [0, 0.05) is 13.0 Å². The molecule has 0 amide bonds. The van der Waals surface area contributed by atoms with Gasteiger partial charge in [-0.05, 0) is 19.8 Å². The molecule has 0 aliphatic heterocycles. The Labute approximate surface area is 100 Å². The second kappa shape index (κ2) is 7.23. The van der Waals surface area contributed by atoms with Crippen molar-refractivity contribution < 1.29 is 27.9 Å². The molecule has 0 saturated heterocycles. The summed E-state index contributed by atoms with van der Waals surface area (Å²) >= 11 is 0. The number of ether oxygens (including phenoxy) is 1. The van der Waals surface area contributed by atoms with Gasteiger partial charge in [-0.15, -0.1) is 0 Å². The minimum atomic E-state index is -3.74. The van der Waals surface area contributed by atoms with Crippen molar-refractivity contribution >= 4 is 22.0 Å². The van der Waals surface area contributed by atoms with Gasteiger partial charge in [0.1, 0.15) is 0 Å². The molecule has 0 aromatic carbocycles. The van der Waals surface area contributed by atoms with Gasteiger partial charge in [-0.25, -0.2) is 13.1 Å². The van der Waals surface area contributed by atoms with Crippen molar-refractivity contribution in [1.29, 1.82) is 0 Å². The van der Waals surface area contributed by atoms with Gasteiger partial charge in [0.25, 0.3) is 0 Å². The molecule has 2 N–H and O–H groups in total. The van der Waals surface area contributed by atoms with Crippen LogP contribution in [0.1, 0.15) is 26.2 Å². The van der Waals surface area contributed by atoms with Crippen molar-refractivity contribution in [3.63, 3.8) is 0 Å². The number of unbranched alkanes of at least 4 members (excludes halogenated alkanes) is 1. The lowest BCUT2D eigenvalue weighted by molar-refractivity contribution is -0.140. The second-order valence-corrected chi connectivity index (χ2v) is 5.54. The summed E-state index contributed by atoms with van der Waals surface area (Å²) in [4.78, 5) is 21.2. The molecule has 0 spiro atoms. The molecule has 17 heavy (non-hydrogen) atoms. The van der Waals surface area contributed by atoms with Crippen molar-refractivity contribution in [3.8, 4) is 0 Å². The van der Waals surface area contributed by atoms with Gasteiger partial charge in [0.05, 0.1) is 7.11 Å². The summed E-state index contributed by atoms with van der Waals surface area (Å²) in [7, 11) is -2.63. The molecule has 0 radical (unpaired) electrons. The Kier molecular flexibility index (Phi) is 6.74. The molecule has 0 aliphatic carbocycles. The number of esters is 1. The van der Waals surface area contributed by atoms with Crippen molar-refractivity contribution in [3.05, 3.63) is 0 Å². The number of carboxylic acid groups (broad SMARTS) is 1. The number of aliphatic carboxylic acids is 1. The van der Waals surface area contributed by atoms with E-state index in [1.54, 1.807) is 0 Å². The van der Waals surface area contributed by atoms with Crippen LogP contribution in [0.25, 0.3) is 0 Å². The number of carbonyl (C=O) groups excluding carboxylic acids is 1. The Morgan fingerprint density at radius 3 is 2.41 bits per heavy atom. The Balaban J connectivity index is 4.02. The maximum absolute atomic E-state index is 11.5. The van der Waals surface area contributed by atoms with Crippen LogP contribution in [0, 0.1) is 0 Å². The van der Waals surface area contributed by atoms with Crippen LogP contribution in [0.15, 0.2) is 0 Å². The largest absolute Gasteiger partial charge is 0.481 e. The first-order chi connectivity index (χ1) is 7.81. The Bertz CT molecular complexity index is 364. The number of nitrogens with one attached hydrogen (secondary N) is 1. The van der Waals surface area contributed by atoms with E-state index in [-0.39, 0.29) is 13.0 Å². The average Bonchev–Trinajstić information content (AvgIpc) is 2.25. The number of carbonyl (C=O) groups is 2. The highest BCUT2D eigenvalue weighted by Crippen LogP contribution is 2.01. The van der Waals surface area contributed by atoms with Crippen molar-refractivity contribution in [1.82, 2.24) is 4.72 Å². The van der Waals surface area contributed by atoms with E-state index in [4.69, 9.17) is 5.11 Å². The van der Waals surface area contributed by atoms with Crippen LogP contribution < -0.4 is 4.72 Å². The molecule has 0 rings (SSSR count). The predicted molar refractivity (Wildman–Crippen MR) is 59.9 cm³/mol. The number of hydrogen-bond acceptors (Lipinski definition) is 5. The smallest absolute Gasteiger partial charge is 0.325 e. The van der Waals surface area contributed by atoms with Crippen LogP contribution in [-0.4, -0.2) is 44.4 Å². The molecule has 0 aromatic rings. The lowest BCUT2D eigenvalue weighted by Crippen LogP contribution is -2.38. The number of methoxy groups -OCH3 is 1. The highest BCUT2D eigenvalue weighted by atomic mass is 32.2. The zero-order valence-corrected chi connectivity index (χ0v) is 10.6. The Morgan fingerprint density at radius 2 is 1.94 bits per heavy atom. The zero-order valence-electron chi connectivity index (χ0n) is 9.80. The molecular weight excluding hydrogens is 250 g/mol. The topological polar surface area (TPSA) is 110 Å². The molecule has 1 unspecified atom stereocenters. The molecule has 8 heteroatoms. The number of hydrogen-bond donors (Lipinski definition) is 2. The fourth-order valence-corrected chi connectivity index (χ4v) is 2.06. The van der Waals surface area contributed by atoms with Gasteiger partial charge in [0.2, 0.25) is 10.0 Å². The number of rotatable bonds is 8. The van der Waals surface area contributed by atoms with E-state index in [2.05, 4.69) is 9.46 Å². The third-order valence-corrected chi connectivity index (χ3v) is 3.85. The predicted octanol–water partition coefficient (Wildman–Crippen LogP) is -0.278. The van der Waals surface area contributed by atoms with Gasteiger partial charge in [-0.1, -0.05) is 0 Å². The molecular formula is C9H17NO6S. The second-order valence-electron chi connectivity index (χ2n) is 3.46. The Hall–Kier alpha value is -1.15. The van der Waals surface area contributed by atoms with E-state index >= 15 is 0 Å². The molecule has 0 bridgehead atoms. The van der Waals surface area contributed by atoms with Gasteiger partial charge < -0.3 is 9.84 Å². The first-order valence-electron chi connectivity index (χ1n) is 5.09. The highest BCUT2D eigenvalue weighted by Gasteiger charge is 2.28. The van der Waals surface area contributed by atoms with E-state index in [9.17, 15) is 18.0 Å². The zero-order chi connectivity index (χ0) is 13.5. The summed E-state index contributed by atoms with van der Waals surface area (Å²) in [6.07, 6.45) is 0.776. The minimum Gasteiger partial charge on any atom is -0.481 e. The first-order valence-corrected chi connectivity index (χ1v) is 6.64. The van der Waals surface area contributed by atoms with E-state index in [0.717, 1.165) is 7.11 Å². The van der Waals surface area contributed by atoms with E-state index in [1.807, 2.05) is 0 Å². The van der Waals surface area contributed by atoms with Gasteiger partial charge in [-0.3, -0.25) is 9.59 Å². The molecule has 1 atom stereocenters. The van der Waals surface area contributed by atoms with Crippen molar-refractivity contribution in [2.45, 2.75) is 31.4 Å². The normalized spacial score (nSPS) is 13.1. The van der Waals surface area contributed by atoms with Crippen LogP contribution in [0.3, 0.4) is 0 Å². The summed E-state index contributed by atoms with van der Waals surface area (Å²) in [5, 5.41) is 7.09. The molecule has 0 aliphatic rings. The van der Waals surface area contributed by atoms with E-state index < -0.39 is 27.2 Å². The van der Waals surface area contributed by atoms with E-state index in [1.165, 1.54) is 6.92 Å². The molecule has 0 saturated carbocycles. The first kappa shape index (κ1) is 15.9. The SMILES string of the molecule is COC(=O)C(C)S(=O)(=O)NCCCCC(=O)O. The van der Waals surface area contributed by atoms with Gasteiger partial charge in [0.15, 0.2) is 5.25 Å². The van der Waals surface area contributed by atoms with Crippen LogP contribution in [-0.2, 0) is 24.3 Å². The lowest BCUT2D eigenvalue weighted by atomic mass is 10.2. The standard InChI is InChI=1S/C9H17NO6S/c1-7(9(13)16-2)17(14,15)10-6-4-3-5-8(11)12/h7,10H,3-6H2,1-2H3,(H,11,12). The maximum atomic E-state index is 11.5. The molecule has 0 fully saturated rings. The van der Waals surface area contributed by atoms with Crippen LogP contribution in [0.5, 0.6) is 0 Å². The summed E-state index contributed by atoms with van der Waals surface area (Å²) in [5.41, 5.74) is 0. The summed E-state index contributed by atoms with van der Waals surface area (Å²) in [5.74, 6) is -1.75. The Morgan fingerprint density at radius 1 is 1.35 bits per heavy atom.